The van der Waals surface area contributed by atoms with Crippen molar-refractivity contribution in [2.45, 2.75) is 20.8 Å². The molecule has 20 heavy (non-hydrogen) atoms. The maximum absolute atomic E-state index is 11.7. The average Bonchev–Trinajstić information content (AvgIpc) is 2.43. The molecule has 1 rings (SSSR count). The standard InChI is InChI=1S/C15H22N2O3/c1-4-16-9-14(18)17-13-7-5-12(6-8-13)15(19)20-10-11(2)3/h5-8,11,16H,4,9-10H2,1-3H3,(H,17,18). The second-order valence-electron chi connectivity index (χ2n) is 4.90. The van der Waals surface area contributed by atoms with Crippen LogP contribution in [0.5, 0.6) is 0 Å². The van der Waals surface area contributed by atoms with Gasteiger partial charge < -0.3 is 15.4 Å². The van der Waals surface area contributed by atoms with Gasteiger partial charge in [-0.15, -0.1) is 0 Å². The summed E-state index contributed by atoms with van der Waals surface area (Å²) in [5.41, 5.74) is 1.14. The highest BCUT2D eigenvalue weighted by Crippen LogP contribution is 2.11. The van der Waals surface area contributed by atoms with Gasteiger partial charge in [0.1, 0.15) is 0 Å². The van der Waals surface area contributed by atoms with Crippen LogP contribution in [0.4, 0.5) is 5.69 Å². The molecule has 0 heterocycles. The molecule has 1 aromatic rings. The summed E-state index contributed by atoms with van der Waals surface area (Å²) in [7, 11) is 0. The molecular weight excluding hydrogens is 256 g/mol. The summed E-state index contributed by atoms with van der Waals surface area (Å²) in [5, 5.41) is 5.68. The molecule has 0 aliphatic heterocycles. The van der Waals surface area contributed by atoms with E-state index in [1.165, 1.54) is 0 Å². The third kappa shape index (κ3) is 5.84. The van der Waals surface area contributed by atoms with Crippen molar-refractivity contribution >= 4 is 17.6 Å². The Bertz CT molecular complexity index is 441. The van der Waals surface area contributed by atoms with Crippen molar-refractivity contribution in [3.8, 4) is 0 Å². The largest absolute Gasteiger partial charge is 0.462 e. The third-order valence-electron chi connectivity index (χ3n) is 2.49. The van der Waals surface area contributed by atoms with E-state index in [2.05, 4.69) is 10.6 Å². The van der Waals surface area contributed by atoms with E-state index in [-0.39, 0.29) is 18.4 Å². The minimum atomic E-state index is -0.343. The summed E-state index contributed by atoms with van der Waals surface area (Å²) in [5.74, 6) is -0.144. The predicted octanol–water partition coefficient (Wildman–Crippen LogP) is 2.05. The Balaban J connectivity index is 2.51. The minimum absolute atomic E-state index is 0.109. The smallest absolute Gasteiger partial charge is 0.338 e. The Morgan fingerprint density at radius 2 is 1.85 bits per heavy atom. The van der Waals surface area contributed by atoms with Crippen LogP contribution in [-0.4, -0.2) is 31.6 Å². The Labute approximate surface area is 119 Å². The van der Waals surface area contributed by atoms with Crippen LogP contribution in [0.15, 0.2) is 24.3 Å². The Hall–Kier alpha value is -1.88. The van der Waals surface area contributed by atoms with Crippen molar-refractivity contribution in [3.05, 3.63) is 29.8 Å². The quantitative estimate of drug-likeness (QED) is 0.749. The molecule has 0 unspecified atom stereocenters. The zero-order valence-corrected chi connectivity index (χ0v) is 12.2. The number of anilines is 1. The summed E-state index contributed by atoms with van der Waals surface area (Å²) in [4.78, 5) is 23.2. The average molecular weight is 278 g/mol. The monoisotopic (exact) mass is 278 g/mol. The van der Waals surface area contributed by atoms with E-state index in [4.69, 9.17) is 4.74 Å². The van der Waals surface area contributed by atoms with Gasteiger partial charge in [0.15, 0.2) is 0 Å². The molecule has 110 valence electrons. The number of hydrogen-bond donors (Lipinski definition) is 2. The van der Waals surface area contributed by atoms with Gasteiger partial charge in [0.05, 0.1) is 18.7 Å². The summed E-state index contributed by atoms with van der Waals surface area (Å²) >= 11 is 0. The summed E-state index contributed by atoms with van der Waals surface area (Å²) in [6.07, 6.45) is 0. The molecule has 0 bridgehead atoms. The number of esters is 1. The number of likely N-dealkylation sites (N-methyl/N-ethyl adjacent to an activating group) is 1. The Morgan fingerprint density at radius 3 is 2.40 bits per heavy atom. The van der Waals surface area contributed by atoms with Crippen molar-refractivity contribution < 1.29 is 14.3 Å². The lowest BCUT2D eigenvalue weighted by Gasteiger charge is -2.08. The fourth-order valence-electron chi connectivity index (χ4n) is 1.46. The minimum Gasteiger partial charge on any atom is -0.462 e. The van der Waals surface area contributed by atoms with Crippen LogP contribution in [0.2, 0.25) is 0 Å². The lowest BCUT2D eigenvalue weighted by atomic mass is 10.2. The number of benzene rings is 1. The van der Waals surface area contributed by atoms with Crippen molar-refractivity contribution in [3.63, 3.8) is 0 Å². The van der Waals surface area contributed by atoms with E-state index in [0.29, 0.717) is 23.8 Å². The Kier molecular flexibility index (Phi) is 6.73. The van der Waals surface area contributed by atoms with Gasteiger partial charge in [-0.2, -0.15) is 0 Å². The third-order valence-corrected chi connectivity index (χ3v) is 2.49. The van der Waals surface area contributed by atoms with Gasteiger partial charge in [-0.3, -0.25) is 4.79 Å². The molecule has 1 amide bonds. The van der Waals surface area contributed by atoms with Crippen LogP contribution in [0, 0.1) is 5.92 Å². The number of rotatable bonds is 7. The zero-order valence-electron chi connectivity index (χ0n) is 12.2. The van der Waals surface area contributed by atoms with Gasteiger partial charge in [-0.1, -0.05) is 20.8 Å². The first-order valence-electron chi connectivity index (χ1n) is 6.80. The predicted molar refractivity (Wildman–Crippen MR) is 78.7 cm³/mol. The van der Waals surface area contributed by atoms with E-state index in [1.54, 1.807) is 24.3 Å². The molecule has 0 aliphatic rings. The highest BCUT2D eigenvalue weighted by molar-refractivity contribution is 5.93. The number of nitrogens with one attached hydrogen (secondary N) is 2. The molecule has 0 aliphatic carbocycles. The van der Waals surface area contributed by atoms with E-state index in [1.807, 2.05) is 20.8 Å². The van der Waals surface area contributed by atoms with Crippen molar-refractivity contribution in [2.24, 2.45) is 5.92 Å². The van der Waals surface area contributed by atoms with E-state index >= 15 is 0 Å². The second-order valence-corrected chi connectivity index (χ2v) is 4.90. The summed E-state index contributed by atoms with van der Waals surface area (Å²) in [6.45, 7) is 7.32. The van der Waals surface area contributed by atoms with Crippen LogP contribution in [0.3, 0.4) is 0 Å². The number of carbonyl (C=O) groups excluding carboxylic acids is 2. The maximum Gasteiger partial charge on any atom is 0.338 e. The molecule has 0 radical (unpaired) electrons. The van der Waals surface area contributed by atoms with Gasteiger partial charge >= 0.3 is 5.97 Å². The first-order valence-corrected chi connectivity index (χ1v) is 6.80. The lowest BCUT2D eigenvalue weighted by Crippen LogP contribution is -2.27. The van der Waals surface area contributed by atoms with Gasteiger partial charge in [0.25, 0.3) is 0 Å². The molecule has 0 saturated heterocycles. The molecule has 5 heteroatoms. The number of hydrogen-bond acceptors (Lipinski definition) is 4. The van der Waals surface area contributed by atoms with Crippen molar-refractivity contribution in [1.29, 1.82) is 0 Å². The highest BCUT2D eigenvalue weighted by atomic mass is 16.5. The molecule has 1 aromatic carbocycles. The van der Waals surface area contributed by atoms with Crippen LogP contribution in [-0.2, 0) is 9.53 Å². The SMILES string of the molecule is CCNCC(=O)Nc1ccc(C(=O)OCC(C)C)cc1. The molecule has 2 N–H and O–H groups in total. The van der Waals surface area contributed by atoms with E-state index < -0.39 is 0 Å². The highest BCUT2D eigenvalue weighted by Gasteiger charge is 2.08. The normalized spacial score (nSPS) is 10.4. The fourth-order valence-corrected chi connectivity index (χ4v) is 1.46. The molecule has 5 nitrogen and oxygen atoms in total. The second kappa shape index (κ2) is 8.32. The van der Waals surface area contributed by atoms with E-state index in [0.717, 1.165) is 6.54 Å². The van der Waals surface area contributed by atoms with Crippen molar-refractivity contribution in [1.82, 2.24) is 5.32 Å². The van der Waals surface area contributed by atoms with Crippen LogP contribution < -0.4 is 10.6 Å². The molecule has 0 saturated carbocycles. The molecule has 0 atom stereocenters. The fraction of sp³-hybridized carbons (Fsp3) is 0.467. The topological polar surface area (TPSA) is 67.4 Å². The number of carbonyl (C=O) groups is 2. The van der Waals surface area contributed by atoms with Gasteiger partial charge in [-0.05, 0) is 36.7 Å². The summed E-state index contributed by atoms with van der Waals surface area (Å²) in [6, 6.07) is 6.67. The van der Waals surface area contributed by atoms with E-state index in [9.17, 15) is 9.59 Å². The first-order chi connectivity index (χ1) is 9.52. The first kappa shape index (κ1) is 16.2. The molecule has 0 aromatic heterocycles. The zero-order chi connectivity index (χ0) is 15.0. The Morgan fingerprint density at radius 1 is 1.20 bits per heavy atom. The van der Waals surface area contributed by atoms with Gasteiger partial charge in [0, 0.05) is 5.69 Å². The van der Waals surface area contributed by atoms with Crippen LogP contribution >= 0.6 is 0 Å². The molecule has 0 spiro atoms. The molecule has 0 fully saturated rings. The van der Waals surface area contributed by atoms with Gasteiger partial charge in [-0.25, -0.2) is 4.79 Å². The summed E-state index contributed by atoms with van der Waals surface area (Å²) < 4.78 is 5.13. The lowest BCUT2D eigenvalue weighted by molar-refractivity contribution is -0.115. The number of ether oxygens (including phenoxy) is 1. The van der Waals surface area contributed by atoms with Gasteiger partial charge in [0.2, 0.25) is 5.91 Å². The van der Waals surface area contributed by atoms with Crippen molar-refractivity contribution in [2.75, 3.05) is 25.0 Å². The van der Waals surface area contributed by atoms with Crippen LogP contribution in [0.25, 0.3) is 0 Å². The molecular formula is C15H22N2O3. The van der Waals surface area contributed by atoms with Crippen LogP contribution in [0.1, 0.15) is 31.1 Å². The number of amides is 1. The maximum atomic E-state index is 11.7.